The molecule has 2 atom stereocenters. The fraction of sp³-hybridized carbons (Fsp3) is 0.600. The zero-order valence-electron chi connectivity index (χ0n) is 10.7. The van der Waals surface area contributed by atoms with Gasteiger partial charge in [0.1, 0.15) is 5.75 Å². The summed E-state index contributed by atoms with van der Waals surface area (Å²) in [6.45, 7) is 3.51. The van der Waals surface area contributed by atoms with E-state index in [0.717, 1.165) is 32.1 Å². The van der Waals surface area contributed by atoms with Gasteiger partial charge in [-0.15, -0.1) is 0 Å². The number of hydrogen-bond acceptors (Lipinski definition) is 3. The molecule has 2 heterocycles. The van der Waals surface area contributed by atoms with Gasteiger partial charge in [-0.2, -0.15) is 0 Å². The Kier molecular flexibility index (Phi) is 3.81. The van der Waals surface area contributed by atoms with Gasteiger partial charge in [-0.05, 0) is 25.5 Å². The third-order valence-corrected chi connectivity index (χ3v) is 3.85. The molecule has 1 aromatic rings. The number of benzene rings is 1. The van der Waals surface area contributed by atoms with Crippen molar-refractivity contribution < 1.29 is 9.47 Å². The number of nitrogens with one attached hydrogen (secondary N) is 1. The van der Waals surface area contributed by atoms with E-state index >= 15 is 0 Å². The third kappa shape index (κ3) is 2.68. The molecule has 98 valence electrons. The van der Waals surface area contributed by atoms with E-state index in [0.29, 0.717) is 12.0 Å². The third-order valence-electron chi connectivity index (χ3n) is 3.85. The fourth-order valence-corrected chi connectivity index (χ4v) is 2.79. The van der Waals surface area contributed by atoms with Crippen molar-refractivity contribution in [2.75, 3.05) is 26.4 Å². The molecule has 3 rings (SSSR count). The predicted octanol–water partition coefficient (Wildman–Crippen LogP) is 2.32. The molecule has 2 aliphatic heterocycles. The second-order valence-electron chi connectivity index (χ2n) is 5.23. The van der Waals surface area contributed by atoms with Crippen LogP contribution in [0.25, 0.3) is 0 Å². The Bertz CT molecular complexity index is 388. The van der Waals surface area contributed by atoms with Gasteiger partial charge in [0, 0.05) is 17.5 Å². The van der Waals surface area contributed by atoms with Crippen molar-refractivity contribution in [1.82, 2.24) is 5.32 Å². The highest BCUT2D eigenvalue weighted by atomic mass is 16.5. The Morgan fingerprint density at radius 1 is 1.22 bits per heavy atom. The first kappa shape index (κ1) is 12.0. The molecular weight excluding hydrogens is 226 g/mol. The van der Waals surface area contributed by atoms with Crippen molar-refractivity contribution in [3.05, 3.63) is 29.8 Å². The highest BCUT2D eigenvalue weighted by molar-refractivity contribution is 5.39. The van der Waals surface area contributed by atoms with Crippen LogP contribution in [0.4, 0.5) is 0 Å². The highest BCUT2D eigenvalue weighted by Gasteiger charge is 2.24. The summed E-state index contributed by atoms with van der Waals surface area (Å²) >= 11 is 0. The SMILES string of the molecule is c1ccc2c(c1)OCC2COCC1CCCCN1. The average molecular weight is 247 g/mol. The second kappa shape index (κ2) is 5.72. The topological polar surface area (TPSA) is 30.5 Å². The molecule has 0 amide bonds. The van der Waals surface area contributed by atoms with Gasteiger partial charge in [-0.3, -0.25) is 0 Å². The summed E-state index contributed by atoms with van der Waals surface area (Å²) in [5.74, 6) is 1.44. The van der Waals surface area contributed by atoms with Gasteiger partial charge in [0.15, 0.2) is 0 Å². The van der Waals surface area contributed by atoms with Crippen molar-refractivity contribution in [3.63, 3.8) is 0 Å². The van der Waals surface area contributed by atoms with Gasteiger partial charge in [0.2, 0.25) is 0 Å². The normalized spacial score (nSPS) is 26.7. The number of ether oxygens (including phenoxy) is 2. The maximum absolute atomic E-state index is 5.87. The van der Waals surface area contributed by atoms with E-state index < -0.39 is 0 Å². The van der Waals surface area contributed by atoms with Gasteiger partial charge in [-0.1, -0.05) is 24.6 Å². The van der Waals surface area contributed by atoms with Crippen molar-refractivity contribution >= 4 is 0 Å². The molecule has 2 unspecified atom stereocenters. The lowest BCUT2D eigenvalue weighted by molar-refractivity contribution is 0.0868. The Morgan fingerprint density at radius 2 is 2.17 bits per heavy atom. The van der Waals surface area contributed by atoms with Crippen LogP contribution >= 0.6 is 0 Å². The van der Waals surface area contributed by atoms with Crippen molar-refractivity contribution in [2.24, 2.45) is 0 Å². The molecule has 0 spiro atoms. The molecule has 1 saturated heterocycles. The Morgan fingerprint density at radius 3 is 3.06 bits per heavy atom. The van der Waals surface area contributed by atoms with Crippen molar-refractivity contribution in [1.29, 1.82) is 0 Å². The first-order chi connectivity index (χ1) is 8.93. The van der Waals surface area contributed by atoms with Crippen LogP contribution in [0.3, 0.4) is 0 Å². The van der Waals surface area contributed by atoms with Crippen LogP contribution in [0.15, 0.2) is 24.3 Å². The molecule has 1 fully saturated rings. The van der Waals surface area contributed by atoms with Gasteiger partial charge >= 0.3 is 0 Å². The first-order valence-electron chi connectivity index (χ1n) is 6.96. The molecule has 3 heteroatoms. The molecule has 3 nitrogen and oxygen atoms in total. The van der Waals surface area contributed by atoms with E-state index in [1.54, 1.807) is 0 Å². The number of piperidine rings is 1. The van der Waals surface area contributed by atoms with Crippen LogP contribution in [-0.4, -0.2) is 32.4 Å². The molecule has 0 aromatic heterocycles. The van der Waals surface area contributed by atoms with Gasteiger partial charge in [-0.25, -0.2) is 0 Å². The molecule has 1 aromatic carbocycles. The minimum Gasteiger partial charge on any atom is -0.493 e. The Balaban J connectivity index is 1.47. The number of rotatable bonds is 4. The summed E-state index contributed by atoms with van der Waals surface area (Å²) in [6.07, 6.45) is 3.88. The predicted molar refractivity (Wildman–Crippen MR) is 71.1 cm³/mol. The molecule has 0 aliphatic carbocycles. The monoisotopic (exact) mass is 247 g/mol. The Labute approximate surface area is 108 Å². The molecular formula is C15H21NO2. The lowest BCUT2D eigenvalue weighted by Crippen LogP contribution is -2.37. The lowest BCUT2D eigenvalue weighted by atomic mass is 10.0. The summed E-state index contributed by atoms with van der Waals surface area (Å²) in [6, 6.07) is 8.83. The molecule has 0 radical (unpaired) electrons. The molecule has 18 heavy (non-hydrogen) atoms. The first-order valence-corrected chi connectivity index (χ1v) is 6.96. The number of para-hydroxylation sites is 1. The second-order valence-corrected chi connectivity index (χ2v) is 5.23. The highest BCUT2D eigenvalue weighted by Crippen LogP contribution is 2.33. The summed E-state index contributed by atoms with van der Waals surface area (Å²) < 4.78 is 11.5. The van der Waals surface area contributed by atoms with Crippen molar-refractivity contribution in [2.45, 2.75) is 31.2 Å². The maximum Gasteiger partial charge on any atom is 0.123 e. The van der Waals surface area contributed by atoms with E-state index in [1.807, 2.05) is 12.1 Å². The largest absolute Gasteiger partial charge is 0.493 e. The maximum atomic E-state index is 5.87. The van der Waals surface area contributed by atoms with E-state index in [2.05, 4.69) is 17.4 Å². The smallest absolute Gasteiger partial charge is 0.123 e. The van der Waals surface area contributed by atoms with E-state index in [9.17, 15) is 0 Å². The summed E-state index contributed by atoms with van der Waals surface area (Å²) in [7, 11) is 0. The van der Waals surface area contributed by atoms with E-state index in [-0.39, 0.29) is 0 Å². The summed E-state index contributed by atoms with van der Waals surface area (Å²) in [4.78, 5) is 0. The van der Waals surface area contributed by atoms with Crippen LogP contribution in [0.2, 0.25) is 0 Å². The summed E-state index contributed by atoms with van der Waals surface area (Å²) in [5, 5.41) is 3.51. The zero-order valence-corrected chi connectivity index (χ0v) is 10.7. The Hall–Kier alpha value is -1.06. The average Bonchev–Trinajstić information content (AvgIpc) is 2.84. The van der Waals surface area contributed by atoms with Crippen LogP contribution in [0, 0.1) is 0 Å². The minimum absolute atomic E-state index is 0.407. The minimum atomic E-state index is 0.407. The van der Waals surface area contributed by atoms with Crippen LogP contribution in [-0.2, 0) is 4.74 Å². The zero-order chi connectivity index (χ0) is 12.2. The van der Waals surface area contributed by atoms with E-state index in [4.69, 9.17) is 9.47 Å². The summed E-state index contributed by atoms with van der Waals surface area (Å²) in [5.41, 5.74) is 1.30. The molecule has 1 N–H and O–H groups in total. The fourth-order valence-electron chi connectivity index (χ4n) is 2.79. The van der Waals surface area contributed by atoms with Gasteiger partial charge in [0.05, 0.1) is 19.8 Å². The molecule has 2 aliphatic rings. The van der Waals surface area contributed by atoms with Gasteiger partial charge < -0.3 is 14.8 Å². The molecule has 0 bridgehead atoms. The van der Waals surface area contributed by atoms with Crippen LogP contribution in [0.1, 0.15) is 30.7 Å². The van der Waals surface area contributed by atoms with Crippen LogP contribution in [0.5, 0.6) is 5.75 Å². The van der Waals surface area contributed by atoms with E-state index in [1.165, 1.54) is 24.8 Å². The number of fused-ring (bicyclic) bond motifs is 1. The number of hydrogen-bond donors (Lipinski definition) is 1. The molecule has 0 saturated carbocycles. The standard InChI is InChI=1S/C15H21NO2/c1-2-7-15-14(6-1)12(10-18-15)9-17-11-13-5-3-4-8-16-13/h1-2,6-7,12-13,16H,3-5,8-11H2. The van der Waals surface area contributed by atoms with Crippen LogP contribution < -0.4 is 10.1 Å². The lowest BCUT2D eigenvalue weighted by Gasteiger charge is -2.23. The van der Waals surface area contributed by atoms with Crippen molar-refractivity contribution in [3.8, 4) is 5.75 Å². The van der Waals surface area contributed by atoms with Gasteiger partial charge in [0.25, 0.3) is 0 Å². The quantitative estimate of drug-likeness (QED) is 0.885.